The first-order chi connectivity index (χ1) is 10.9. The maximum absolute atomic E-state index is 12.1. The maximum atomic E-state index is 12.1. The molecule has 0 saturated carbocycles. The molecule has 1 heterocycles. The summed E-state index contributed by atoms with van der Waals surface area (Å²) in [4.78, 5) is 34.3. The molecule has 0 aliphatic heterocycles. The summed E-state index contributed by atoms with van der Waals surface area (Å²) in [7, 11) is 0. The fourth-order valence-corrected chi connectivity index (χ4v) is 2.22. The van der Waals surface area contributed by atoms with Gasteiger partial charge < -0.3 is 5.32 Å². The highest BCUT2D eigenvalue weighted by molar-refractivity contribution is 5.90. The zero-order valence-electron chi connectivity index (χ0n) is 12.9. The predicted molar refractivity (Wildman–Crippen MR) is 86.5 cm³/mol. The minimum Gasteiger partial charge on any atom is -0.325 e. The van der Waals surface area contributed by atoms with Gasteiger partial charge in [0, 0.05) is 17.8 Å². The van der Waals surface area contributed by atoms with Crippen LogP contribution in [-0.2, 0) is 17.8 Å². The second-order valence-electron chi connectivity index (χ2n) is 5.08. The second kappa shape index (κ2) is 6.87. The summed E-state index contributed by atoms with van der Waals surface area (Å²) >= 11 is 0. The van der Waals surface area contributed by atoms with E-state index in [4.69, 9.17) is 0 Å². The molecule has 1 aromatic carbocycles. The topological polar surface area (TPSA) is 94.2 Å². The lowest BCUT2D eigenvalue weighted by Gasteiger charge is -2.10. The Labute approximate surface area is 132 Å². The number of nitrogens with one attached hydrogen (secondary N) is 1. The SMILES string of the molecule is CCc1ccc(NC(=O)Cn2c(C)c([N+](=O)[O-])ccc2=O)cc1. The lowest BCUT2D eigenvalue weighted by molar-refractivity contribution is -0.386. The molecule has 1 aromatic heterocycles. The van der Waals surface area contributed by atoms with Crippen molar-refractivity contribution in [1.29, 1.82) is 0 Å². The Kier molecular flexibility index (Phi) is 4.90. The van der Waals surface area contributed by atoms with E-state index in [0.717, 1.165) is 28.7 Å². The molecule has 0 atom stereocenters. The Hall–Kier alpha value is -2.96. The number of pyridine rings is 1. The normalized spacial score (nSPS) is 10.3. The van der Waals surface area contributed by atoms with E-state index >= 15 is 0 Å². The molecule has 0 aliphatic rings. The van der Waals surface area contributed by atoms with Gasteiger partial charge in [0.15, 0.2) is 0 Å². The van der Waals surface area contributed by atoms with E-state index < -0.39 is 16.4 Å². The summed E-state index contributed by atoms with van der Waals surface area (Å²) in [6.45, 7) is 3.20. The lowest BCUT2D eigenvalue weighted by Crippen LogP contribution is -2.29. The number of hydrogen-bond donors (Lipinski definition) is 1. The smallest absolute Gasteiger partial charge is 0.288 e. The van der Waals surface area contributed by atoms with Gasteiger partial charge in [-0.05, 0) is 31.0 Å². The fraction of sp³-hybridized carbons (Fsp3) is 0.250. The summed E-state index contributed by atoms with van der Waals surface area (Å²) in [5.41, 5.74) is 1.27. The number of anilines is 1. The largest absolute Gasteiger partial charge is 0.325 e. The van der Waals surface area contributed by atoms with Crippen LogP contribution in [0.15, 0.2) is 41.2 Å². The molecule has 0 spiro atoms. The minimum absolute atomic E-state index is 0.152. The van der Waals surface area contributed by atoms with Gasteiger partial charge in [-0.2, -0.15) is 0 Å². The molecule has 0 aliphatic carbocycles. The average molecular weight is 315 g/mol. The molecule has 23 heavy (non-hydrogen) atoms. The third-order valence-corrected chi connectivity index (χ3v) is 3.57. The van der Waals surface area contributed by atoms with Crippen LogP contribution in [0.5, 0.6) is 0 Å². The highest BCUT2D eigenvalue weighted by Gasteiger charge is 2.16. The van der Waals surface area contributed by atoms with Crippen molar-refractivity contribution in [2.45, 2.75) is 26.8 Å². The number of aryl methyl sites for hydroxylation is 1. The molecule has 1 amide bonds. The molecule has 2 aromatic rings. The second-order valence-corrected chi connectivity index (χ2v) is 5.08. The van der Waals surface area contributed by atoms with E-state index in [1.54, 1.807) is 12.1 Å². The van der Waals surface area contributed by atoms with Crippen LogP contribution < -0.4 is 10.9 Å². The van der Waals surface area contributed by atoms with Crippen molar-refractivity contribution in [3.05, 3.63) is 68.1 Å². The van der Waals surface area contributed by atoms with Crippen LogP contribution in [0.2, 0.25) is 0 Å². The Bertz CT molecular complexity index is 794. The van der Waals surface area contributed by atoms with Gasteiger partial charge in [0.25, 0.3) is 11.2 Å². The Morgan fingerprint density at radius 2 is 1.87 bits per heavy atom. The third-order valence-electron chi connectivity index (χ3n) is 3.57. The average Bonchev–Trinajstić information content (AvgIpc) is 2.51. The van der Waals surface area contributed by atoms with Crippen LogP contribution in [0.4, 0.5) is 11.4 Å². The van der Waals surface area contributed by atoms with Crippen LogP contribution in [0, 0.1) is 17.0 Å². The lowest BCUT2D eigenvalue weighted by atomic mass is 10.1. The van der Waals surface area contributed by atoms with E-state index in [0.29, 0.717) is 5.69 Å². The molecule has 120 valence electrons. The first kappa shape index (κ1) is 16.4. The minimum atomic E-state index is -0.577. The number of amides is 1. The molecule has 0 fully saturated rings. The molecular formula is C16H17N3O4. The first-order valence-electron chi connectivity index (χ1n) is 7.16. The van der Waals surface area contributed by atoms with Crippen molar-refractivity contribution < 1.29 is 9.72 Å². The van der Waals surface area contributed by atoms with E-state index in [-0.39, 0.29) is 17.9 Å². The van der Waals surface area contributed by atoms with Gasteiger partial charge in [-0.15, -0.1) is 0 Å². The standard InChI is InChI=1S/C16H17N3O4/c1-3-12-4-6-13(7-5-12)17-15(20)10-18-11(2)14(19(22)23)8-9-16(18)21/h4-9H,3,10H2,1-2H3,(H,17,20). The van der Waals surface area contributed by atoms with Crippen molar-refractivity contribution in [2.24, 2.45) is 0 Å². The van der Waals surface area contributed by atoms with E-state index in [1.165, 1.54) is 6.92 Å². The first-order valence-corrected chi connectivity index (χ1v) is 7.16. The van der Waals surface area contributed by atoms with Gasteiger partial charge in [-0.1, -0.05) is 19.1 Å². The van der Waals surface area contributed by atoms with Gasteiger partial charge >= 0.3 is 0 Å². The number of nitrogens with zero attached hydrogens (tertiary/aromatic N) is 2. The highest BCUT2D eigenvalue weighted by atomic mass is 16.6. The van der Waals surface area contributed by atoms with Gasteiger partial charge in [0.1, 0.15) is 6.54 Å². The van der Waals surface area contributed by atoms with Crippen LogP contribution in [0.25, 0.3) is 0 Å². The number of hydrogen-bond acceptors (Lipinski definition) is 4. The van der Waals surface area contributed by atoms with Crippen molar-refractivity contribution >= 4 is 17.3 Å². The van der Waals surface area contributed by atoms with Crippen LogP contribution in [0.3, 0.4) is 0 Å². The molecule has 7 nitrogen and oxygen atoms in total. The molecule has 0 bridgehead atoms. The van der Waals surface area contributed by atoms with Crippen LogP contribution in [-0.4, -0.2) is 15.4 Å². The Balaban J connectivity index is 2.18. The summed E-state index contributed by atoms with van der Waals surface area (Å²) in [6.07, 6.45) is 0.899. The number of benzene rings is 1. The third kappa shape index (κ3) is 3.82. The zero-order chi connectivity index (χ0) is 17.0. The zero-order valence-corrected chi connectivity index (χ0v) is 12.9. The molecule has 2 rings (SSSR count). The van der Waals surface area contributed by atoms with E-state index in [2.05, 4.69) is 5.32 Å². The number of nitro groups is 1. The van der Waals surface area contributed by atoms with Crippen molar-refractivity contribution in [3.8, 4) is 0 Å². The quantitative estimate of drug-likeness (QED) is 0.676. The highest BCUT2D eigenvalue weighted by Crippen LogP contribution is 2.15. The summed E-state index contributed by atoms with van der Waals surface area (Å²) < 4.78 is 1.09. The van der Waals surface area contributed by atoms with Crippen molar-refractivity contribution in [2.75, 3.05) is 5.32 Å². The van der Waals surface area contributed by atoms with Gasteiger partial charge in [0.05, 0.1) is 10.6 Å². The Morgan fingerprint density at radius 1 is 1.22 bits per heavy atom. The number of carbonyl (C=O) groups is 1. The summed E-state index contributed by atoms with van der Waals surface area (Å²) in [5, 5.41) is 13.6. The molecule has 1 N–H and O–H groups in total. The fourth-order valence-electron chi connectivity index (χ4n) is 2.22. The molecule has 0 saturated heterocycles. The molecule has 0 radical (unpaired) electrons. The van der Waals surface area contributed by atoms with Crippen molar-refractivity contribution in [3.63, 3.8) is 0 Å². The number of aromatic nitrogens is 1. The van der Waals surface area contributed by atoms with E-state index in [1.807, 2.05) is 19.1 Å². The van der Waals surface area contributed by atoms with Crippen LogP contribution >= 0.6 is 0 Å². The summed E-state index contributed by atoms with van der Waals surface area (Å²) in [6, 6.07) is 9.60. The number of rotatable bonds is 5. The van der Waals surface area contributed by atoms with Crippen molar-refractivity contribution in [1.82, 2.24) is 4.57 Å². The molecule has 0 unspecified atom stereocenters. The number of carbonyl (C=O) groups excluding carboxylic acids is 1. The van der Waals surface area contributed by atoms with E-state index in [9.17, 15) is 19.7 Å². The summed E-state index contributed by atoms with van der Waals surface area (Å²) in [5.74, 6) is -0.417. The maximum Gasteiger partial charge on any atom is 0.288 e. The predicted octanol–water partition coefficient (Wildman–Crippen LogP) is 2.27. The van der Waals surface area contributed by atoms with Gasteiger partial charge in [-0.25, -0.2) is 0 Å². The molecule has 7 heteroatoms. The van der Waals surface area contributed by atoms with Gasteiger partial charge in [0.2, 0.25) is 5.91 Å². The Morgan fingerprint density at radius 3 is 2.43 bits per heavy atom. The molecular weight excluding hydrogens is 298 g/mol. The van der Waals surface area contributed by atoms with Crippen LogP contribution in [0.1, 0.15) is 18.2 Å². The van der Waals surface area contributed by atoms with Gasteiger partial charge in [-0.3, -0.25) is 24.3 Å². The monoisotopic (exact) mass is 315 g/mol.